The number of fused-ring (bicyclic) bond motifs is 1. The molecule has 1 aromatic carbocycles. The van der Waals surface area contributed by atoms with Crippen LogP contribution in [0.15, 0.2) is 23.1 Å². The molecule has 0 unspecified atom stereocenters. The molecule has 0 atom stereocenters. The lowest BCUT2D eigenvalue weighted by molar-refractivity contribution is 0.587. The summed E-state index contributed by atoms with van der Waals surface area (Å²) in [5.74, 6) is 0. The minimum atomic E-state index is 0.129. The quantitative estimate of drug-likeness (QED) is 0.669. The largest absolute Gasteiger partial charge is 0.239 e. The Labute approximate surface area is 93.6 Å². The lowest BCUT2D eigenvalue weighted by atomic mass is 9.98. The van der Waals surface area contributed by atoms with E-state index in [-0.39, 0.29) is 5.41 Å². The fraction of sp³-hybridized carbons (Fsp3) is 0.364. The number of thiazole rings is 1. The Morgan fingerprint density at radius 3 is 2.57 bits per heavy atom. The van der Waals surface area contributed by atoms with Crippen molar-refractivity contribution in [3.8, 4) is 0 Å². The van der Waals surface area contributed by atoms with Gasteiger partial charge in [-0.3, -0.25) is 0 Å². The van der Waals surface area contributed by atoms with Crippen molar-refractivity contribution < 1.29 is 0 Å². The standard InChI is InChI=1S/C11H13NS2/c1-11(2,3)10-12-9-7(13)5-4-6-8(9)14-10/h4-6,13H,1-3H3. The van der Waals surface area contributed by atoms with E-state index in [2.05, 4.69) is 44.5 Å². The van der Waals surface area contributed by atoms with Crippen molar-refractivity contribution in [1.29, 1.82) is 0 Å². The Kier molecular flexibility index (Phi) is 2.32. The highest BCUT2D eigenvalue weighted by atomic mass is 32.1. The number of rotatable bonds is 0. The molecule has 2 aromatic rings. The molecule has 1 nitrogen and oxygen atoms in total. The molecule has 2 rings (SSSR count). The molecule has 0 amide bonds. The van der Waals surface area contributed by atoms with Gasteiger partial charge in [0.1, 0.15) is 0 Å². The Morgan fingerprint density at radius 2 is 2.00 bits per heavy atom. The van der Waals surface area contributed by atoms with Crippen LogP contribution in [0.3, 0.4) is 0 Å². The molecule has 0 aliphatic heterocycles. The second-order valence-electron chi connectivity index (χ2n) is 4.39. The van der Waals surface area contributed by atoms with E-state index in [0.29, 0.717) is 0 Å². The molecule has 0 N–H and O–H groups in total. The van der Waals surface area contributed by atoms with Crippen molar-refractivity contribution in [2.75, 3.05) is 0 Å². The van der Waals surface area contributed by atoms with E-state index in [1.807, 2.05) is 12.1 Å². The van der Waals surface area contributed by atoms with E-state index < -0.39 is 0 Å². The van der Waals surface area contributed by atoms with Gasteiger partial charge in [0, 0.05) is 10.3 Å². The SMILES string of the molecule is CC(C)(C)c1nc2c(S)cccc2s1. The van der Waals surface area contributed by atoms with Crippen LogP contribution in [0.25, 0.3) is 10.2 Å². The van der Waals surface area contributed by atoms with Crippen LogP contribution in [-0.2, 0) is 5.41 Å². The molecule has 1 heterocycles. The normalized spacial score (nSPS) is 12.3. The average molecular weight is 223 g/mol. The van der Waals surface area contributed by atoms with E-state index in [4.69, 9.17) is 0 Å². The summed E-state index contributed by atoms with van der Waals surface area (Å²) in [5.41, 5.74) is 1.16. The van der Waals surface area contributed by atoms with Gasteiger partial charge in [0.15, 0.2) is 0 Å². The minimum Gasteiger partial charge on any atom is -0.239 e. The summed E-state index contributed by atoms with van der Waals surface area (Å²) in [4.78, 5) is 5.59. The molecule has 0 radical (unpaired) electrons. The third-order valence-corrected chi connectivity index (χ3v) is 3.85. The van der Waals surface area contributed by atoms with Crippen molar-refractivity contribution in [2.24, 2.45) is 0 Å². The van der Waals surface area contributed by atoms with Crippen LogP contribution < -0.4 is 0 Å². The molecule has 0 aliphatic carbocycles. The van der Waals surface area contributed by atoms with Crippen LogP contribution in [0.2, 0.25) is 0 Å². The van der Waals surface area contributed by atoms with Gasteiger partial charge in [-0.25, -0.2) is 4.98 Å². The highest BCUT2D eigenvalue weighted by Crippen LogP contribution is 2.33. The number of hydrogen-bond donors (Lipinski definition) is 1. The fourth-order valence-electron chi connectivity index (χ4n) is 1.25. The third kappa shape index (κ3) is 1.66. The maximum atomic E-state index is 4.63. The van der Waals surface area contributed by atoms with Gasteiger partial charge in [0.2, 0.25) is 0 Å². The second-order valence-corrected chi connectivity index (χ2v) is 5.91. The van der Waals surface area contributed by atoms with Crippen molar-refractivity contribution in [1.82, 2.24) is 4.98 Å². The smallest absolute Gasteiger partial charge is 0.0992 e. The second kappa shape index (κ2) is 3.24. The van der Waals surface area contributed by atoms with Crippen LogP contribution in [-0.4, -0.2) is 4.98 Å². The van der Waals surface area contributed by atoms with Gasteiger partial charge in [-0.2, -0.15) is 0 Å². The molecule has 0 fully saturated rings. The van der Waals surface area contributed by atoms with Crippen molar-refractivity contribution in [2.45, 2.75) is 31.1 Å². The lowest BCUT2D eigenvalue weighted by Crippen LogP contribution is -2.09. The molecule has 3 heteroatoms. The first-order valence-corrected chi connectivity index (χ1v) is 5.84. The molecular weight excluding hydrogens is 210 g/mol. The predicted octanol–water partition coefficient (Wildman–Crippen LogP) is 3.88. The summed E-state index contributed by atoms with van der Waals surface area (Å²) in [7, 11) is 0. The first kappa shape index (κ1) is 9.99. The molecule has 14 heavy (non-hydrogen) atoms. The van der Waals surface area contributed by atoms with Gasteiger partial charge in [-0.05, 0) is 12.1 Å². The van der Waals surface area contributed by atoms with Crippen molar-refractivity contribution >= 4 is 34.2 Å². The van der Waals surface area contributed by atoms with E-state index in [1.54, 1.807) is 11.3 Å². The molecule has 0 saturated heterocycles. The average Bonchev–Trinajstić information content (AvgIpc) is 2.48. The summed E-state index contributed by atoms with van der Waals surface area (Å²) >= 11 is 6.16. The third-order valence-electron chi connectivity index (χ3n) is 2.04. The highest BCUT2D eigenvalue weighted by Gasteiger charge is 2.19. The molecule has 0 bridgehead atoms. The van der Waals surface area contributed by atoms with Crippen LogP contribution in [0.1, 0.15) is 25.8 Å². The summed E-state index contributed by atoms with van der Waals surface area (Å²) < 4.78 is 1.22. The maximum Gasteiger partial charge on any atom is 0.0992 e. The van der Waals surface area contributed by atoms with Crippen molar-refractivity contribution in [3.05, 3.63) is 23.2 Å². The molecule has 0 aliphatic rings. The zero-order chi connectivity index (χ0) is 10.3. The molecule has 0 saturated carbocycles. The van der Waals surface area contributed by atoms with Crippen LogP contribution in [0.4, 0.5) is 0 Å². The first-order chi connectivity index (χ1) is 6.48. The van der Waals surface area contributed by atoms with Crippen LogP contribution in [0.5, 0.6) is 0 Å². The van der Waals surface area contributed by atoms with Gasteiger partial charge in [0.05, 0.1) is 15.2 Å². The summed E-state index contributed by atoms with van der Waals surface area (Å²) in [6.45, 7) is 6.55. The number of nitrogens with zero attached hydrogens (tertiary/aromatic N) is 1. The van der Waals surface area contributed by atoms with Gasteiger partial charge < -0.3 is 0 Å². The summed E-state index contributed by atoms with van der Waals surface area (Å²) in [6.07, 6.45) is 0. The number of benzene rings is 1. The Hall–Kier alpha value is -0.540. The van der Waals surface area contributed by atoms with Gasteiger partial charge in [0.25, 0.3) is 0 Å². The number of hydrogen-bond acceptors (Lipinski definition) is 3. The topological polar surface area (TPSA) is 12.9 Å². The molecule has 0 spiro atoms. The Balaban J connectivity index is 2.69. The highest BCUT2D eigenvalue weighted by molar-refractivity contribution is 7.80. The van der Waals surface area contributed by atoms with E-state index in [9.17, 15) is 0 Å². The maximum absolute atomic E-state index is 4.63. The minimum absolute atomic E-state index is 0.129. The van der Waals surface area contributed by atoms with Gasteiger partial charge in [-0.1, -0.05) is 26.8 Å². The Morgan fingerprint density at radius 1 is 1.29 bits per heavy atom. The van der Waals surface area contributed by atoms with E-state index in [1.165, 1.54) is 9.71 Å². The number of thiol groups is 1. The lowest BCUT2D eigenvalue weighted by Gasteiger charge is -2.13. The number of para-hydroxylation sites is 1. The summed E-state index contributed by atoms with van der Waals surface area (Å²) in [5, 5.41) is 1.18. The van der Waals surface area contributed by atoms with Crippen molar-refractivity contribution in [3.63, 3.8) is 0 Å². The van der Waals surface area contributed by atoms with E-state index >= 15 is 0 Å². The van der Waals surface area contributed by atoms with Crippen LogP contribution >= 0.6 is 24.0 Å². The zero-order valence-corrected chi connectivity index (χ0v) is 10.2. The number of aromatic nitrogens is 1. The molecule has 1 aromatic heterocycles. The molecular formula is C11H13NS2. The summed E-state index contributed by atoms with van der Waals surface area (Å²) in [6, 6.07) is 6.11. The van der Waals surface area contributed by atoms with Gasteiger partial charge >= 0.3 is 0 Å². The Bertz CT molecular complexity index is 466. The van der Waals surface area contributed by atoms with Crippen LogP contribution in [0, 0.1) is 0 Å². The fourth-order valence-corrected chi connectivity index (χ4v) is 2.64. The monoisotopic (exact) mass is 223 g/mol. The molecule has 74 valence electrons. The van der Waals surface area contributed by atoms with E-state index in [0.717, 1.165) is 10.4 Å². The zero-order valence-electron chi connectivity index (χ0n) is 8.53. The first-order valence-electron chi connectivity index (χ1n) is 4.57. The predicted molar refractivity (Wildman–Crippen MR) is 65.6 cm³/mol. The van der Waals surface area contributed by atoms with Gasteiger partial charge in [-0.15, -0.1) is 24.0 Å².